The van der Waals surface area contributed by atoms with Gasteiger partial charge in [-0.05, 0) is 30.4 Å². The zero-order chi connectivity index (χ0) is 13.8. The van der Waals surface area contributed by atoms with Gasteiger partial charge in [0.15, 0.2) is 0 Å². The van der Waals surface area contributed by atoms with Crippen molar-refractivity contribution in [3.8, 4) is 0 Å². The van der Waals surface area contributed by atoms with Crippen molar-refractivity contribution >= 4 is 0 Å². The van der Waals surface area contributed by atoms with Crippen LogP contribution >= 0.6 is 0 Å². The van der Waals surface area contributed by atoms with E-state index in [1.54, 1.807) is 0 Å². The summed E-state index contributed by atoms with van der Waals surface area (Å²) >= 11 is 0. The second kappa shape index (κ2) is 5.78. The van der Waals surface area contributed by atoms with Crippen molar-refractivity contribution in [3.63, 3.8) is 0 Å². The van der Waals surface area contributed by atoms with Crippen molar-refractivity contribution in [2.75, 3.05) is 0 Å². The monoisotopic (exact) mass is 267 g/mol. The molecule has 2 aromatic rings. The third kappa shape index (κ3) is 2.62. The van der Waals surface area contributed by atoms with Crippen LogP contribution in [0.3, 0.4) is 0 Å². The Hall–Kier alpha value is -1.64. The van der Waals surface area contributed by atoms with E-state index in [0.29, 0.717) is 0 Å². The van der Waals surface area contributed by atoms with Gasteiger partial charge in [-0.25, -0.2) is 0 Å². The van der Waals surface area contributed by atoms with Crippen molar-refractivity contribution in [2.45, 2.75) is 37.5 Å². The fraction of sp³-hybridized carbons (Fsp3) is 0.333. The highest BCUT2D eigenvalue weighted by Crippen LogP contribution is 2.38. The fourth-order valence-electron chi connectivity index (χ4n) is 3.17. The first-order valence-electron chi connectivity index (χ1n) is 7.34. The molecule has 2 atom stereocenters. The Labute approximate surface area is 120 Å². The van der Waals surface area contributed by atoms with Gasteiger partial charge < -0.3 is 10.4 Å². The van der Waals surface area contributed by atoms with Crippen molar-refractivity contribution < 1.29 is 5.11 Å². The Morgan fingerprint density at radius 2 is 1.65 bits per heavy atom. The summed E-state index contributed by atoms with van der Waals surface area (Å²) in [6, 6.07) is 20.5. The molecule has 2 nitrogen and oxygen atoms in total. The van der Waals surface area contributed by atoms with Crippen LogP contribution in [0.4, 0.5) is 0 Å². The first kappa shape index (κ1) is 13.3. The maximum absolute atomic E-state index is 11.0. The molecule has 0 heterocycles. The second-order valence-corrected chi connectivity index (χ2v) is 5.60. The topological polar surface area (TPSA) is 32.3 Å². The molecule has 1 saturated carbocycles. The number of nitrogens with one attached hydrogen (secondary N) is 1. The maximum atomic E-state index is 11.0. The third-order valence-corrected chi connectivity index (χ3v) is 4.30. The summed E-state index contributed by atoms with van der Waals surface area (Å²) in [5, 5.41) is 14.6. The molecule has 0 amide bonds. The van der Waals surface area contributed by atoms with E-state index in [9.17, 15) is 5.11 Å². The zero-order valence-corrected chi connectivity index (χ0v) is 11.6. The Kier molecular flexibility index (Phi) is 3.86. The lowest BCUT2D eigenvalue weighted by molar-refractivity contribution is 0.0155. The van der Waals surface area contributed by atoms with E-state index in [2.05, 4.69) is 29.6 Å². The summed E-state index contributed by atoms with van der Waals surface area (Å²) in [6.45, 7) is 0.806. The summed E-state index contributed by atoms with van der Waals surface area (Å²) in [5.41, 5.74) is 1.56. The van der Waals surface area contributed by atoms with E-state index in [1.165, 1.54) is 5.56 Å². The molecule has 0 saturated heterocycles. The average molecular weight is 267 g/mol. The molecule has 2 aromatic carbocycles. The molecule has 0 aliphatic heterocycles. The SMILES string of the molecule is O[C@]1(c2ccccc2)CCC[C@H]1NCc1ccccc1. The minimum atomic E-state index is -0.726. The van der Waals surface area contributed by atoms with Crippen LogP contribution in [0.2, 0.25) is 0 Å². The summed E-state index contributed by atoms with van der Waals surface area (Å²) < 4.78 is 0. The van der Waals surface area contributed by atoms with Gasteiger partial charge in [0.1, 0.15) is 5.60 Å². The molecule has 1 aliphatic carbocycles. The van der Waals surface area contributed by atoms with E-state index < -0.39 is 5.60 Å². The Bertz CT molecular complexity index is 540. The van der Waals surface area contributed by atoms with E-state index in [-0.39, 0.29) is 6.04 Å². The van der Waals surface area contributed by atoms with Crippen molar-refractivity contribution in [2.24, 2.45) is 0 Å². The predicted molar refractivity (Wildman–Crippen MR) is 81.3 cm³/mol. The van der Waals surface area contributed by atoms with E-state index in [4.69, 9.17) is 0 Å². The molecule has 0 radical (unpaired) electrons. The van der Waals surface area contributed by atoms with Gasteiger partial charge in [-0.15, -0.1) is 0 Å². The van der Waals surface area contributed by atoms with Crippen LogP contribution in [-0.2, 0) is 12.1 Å². The molecule has 1 aliphatic rings. The third-order valence-electron chi connectivity index (χ3n) is 4.30. The number of hydrogen-bond donors (Lipinski definition) is 2. The highest BCUT2D eigenvalue weighted by atomic mass is 16.3. The molecule has 2 N–H and O–H groups in total. The number of aliphatic hydroxyl groups is 1. The lowest BCUT2D eigenvalue weighted by Crippen LogP contribution is -2.44. The molecule has 0 bridgehead atoms. The van der Waals surface area contributed by atoms with Crippen LogP contribution in [-0.4, -0.2) is 11.1 Å². The van der Waals surface area contributed by atoms with Crippen LogP contribution in [0.5, 0.6) is 0 Å². The lowest BCUT2D eigenvalue weighted by Gasteiger charge is -2.31. The summed E-state index contributed by atoms with van der Waals surface area (Å²) in [5.74, 6) is 0. The predicted octanol–water partition coefficient (Wildman–Crippen LogP) is 3.22. The van der Waals surface area contributed by atoms with E-state index >= 15 is 0 Å². The standard InChI is InChI=1S/C18H21NO/c20-18(16-10-5-2-6-11-16)13-7-12-17(18)19-14-15-8-3-1-4-9-15/h1-6,8-11,17,19-20H,7,12-14H2/t17-,18+/m1/s1. The lowest BCUT2D eigenvalue weighted by atomic mass is 9.88. The molecular weight excluding hydrogens is 246 g/mol. The Morgan fingerprint density at radius 1 is 1.00 bits per heavy atom. The van der Waals surface area contributed by atoms with Crippen molar-refractivity contribution in [3.05, 3.63) is 71.8 Å². The minimum absolute atomic E-state index is 0.130. The maximum Gasteiger partial charge on any atom is 0.105 e. The molecule has 3 rings (SSSR count). The smallest absolute Gasteiger partial charge is 0.105 e. The summed E-state index contributed by atoms with van der Waals surface area (Å²) in [7, 11) is 0. The van der Waals surface area contributed by atoms with Crippen molar-refractivity contribution in [1.82, 2.24) is 5.32 Å². The van der Waals surface area contributed by atoms with Crippen LogP contribution in [0.1, 0.15) is 30.4 Å². The highest BCUT2D eigenvalue weighted by molar-refractivity contribution is 5.26. The zero-order valence-electron chi connectivity index (χ0n) is 11.6. The molecule has 1 fully saturated rings. The molecule has 0 spiro atoms. The quantitative estimate of drug-likeness (QED) is 0.891. The van der Waals surface area contributed by atoms with Gasteiger partial charge in [0, 0.05) is 12.6 Å². The molecule has 2 heteroatoms. The van der Waals surface area contributed by atoms with E-state index in [0.717, 1.165) is 31.4 Å². The van der Waals surface area contributed by atoms with Crippen LogP contribution in [0.15, 0.2) is 60.7 Å². The molecule has 104 valence electrons. The van der Waals surface area contributed by atoms with Gasteiger partial charge in [0.05, 0.1) is 0 Å². The highest BCUT2D eigenvalue weighted by Gasteiger charge is 2.42. The Balaban J connectivity index is 1.73. The van der Waals surface area contributed by atoms with Crippen LogP contribution in [0, 0.1) is 0 Å². The largest absolute Gasteiger partial charge is 0.384 e. The molecule has 20 heavy (non-hydrogen) atoms. The molecular formula is C18H21NO. The number of rotatable bonds is 4. The first-order chi connectivity index (χ1) is 9.79. The summed E-state index contributed by atoms with van der Waals surface area (Å²) in [4.78, 5) is 0. The molecule has 0 unspecified atom stereocenters. The van der Waals surface area contributed by atoms with Crippen molar-refractivity contribution in [1.29, 1.82) is 0 Å². The normalized spacial score (nSPS) is 25.8. The van der Waals surface area contributed by atoms with Gasteiger partial charge >= 0.3 is 0 Å². The summed E-state index contributed by atoms with van der Waals surface area (Å²) in [6.07, 6.45) is 2.93. The van der Waals surface area contributed by atoms with Gasteiger partial charge in [0.25, 0.3) is 0 Å². The van der Waals surface area contributed by atoms with Crippen LogP contribution < -0.4 is 5.32 Å². The molecule has 0 aromatic heterocycles. The van der Waals surface area contributed by atoms with E-state index in [1.807, 2.05) is 36.4 Å². The van der Waals surface area contributed by atoms with Gasteiger partial charge in [-0.2, -0.15) is 0 Å². The fourth-order valence-corrected chi connectivity index (χ4v) is 3.17. The average Bonchev–Trinajstić information content (AvgIpc) is 2.89. The minimum Gasteiger partial charge on any atom is -0.384 e. The second-order valence-electron chi connectivity index (χ2n) is 5.60. The van der Waals surface area contributed by atoms with Gasteiger partial charge in [-0.3, -0.25) is 0 Å². The first-order valence-corrected chi connectivity index (χ1v) is 7.34. The van der Waals surface area contributed by atoms with Gasteiger partial charge in [-0.1, -0.05) is 60.7 Å². The number of hydrogen-bond acceptors (Lipinski definition) is 2. The number of benzene rings is 2. The van der Waals surface area contributed by atoms with Gasteiger partial charge in [0.2, 0.25) is 0 Å². The van der Waals surface area contributed by atoms with Crippen LogP contribution in [0.25, 0.3) is 0 Å². The Morgan fingerprint density at radius 3 is 2.35 bits per heavy atom.